The van der Waals surface area contributed by atoms with E-state index in [9.17, 15) is 19.2 Å². The van der Waals surface area contributed by atoms with Gasteiger partial charge >= 0.3 is 0 Å². The number of hydrogen-bond donors (Lipinski definition) is 3. The zero-order chi connectivity index (χ0) is 19.1. The Morgan fingerprint density at radius 2 is 2.00 bits per heavy atom. The standard InChI is InChI=1S/C17H22N4O4S/c1-10(2)13(15(23)20-12-5-8-19-16(24)14(12)22)21-17(25)26-9-11-3-6-18-7-4-11/h3-4,6-7,10,12-13H,5,8-9H2,1-2H3,(H,19,24)(H,20,23)(H,21,25). The van der Waals surface area contributed by atoms with E-state index in [1.807, 2.05) is 12.1 Å². The summed E-state index contributed by atoms with van der Waals surface area (Å²) in [7, 11) is 0. The first kappa shape index (κ1) is 19.9. The zero-order valence-electron chi connectivity index (χ0n) is 14.7. The van der Waals surface area contributed by atoms with E-state index < -0.39 is 29.7 Å². The van der Waals surface area contributed by atoms with Gasteiger partial charge in [-0.05, 0) is 30.0 Å². The number of hydrogen-bond acceptors (Lipinski definition) is 6. The lowest BCUT2D eigenvalue weighted by atomic mass is 10.0. The molecule has 1 saturated heterocycles. The monoisotopic (exact) mass is 378 g/mol. The van der Waals surface area contributed by atoms with Gasteiger partial charge in [0, 0.05) is 24.7 Å². The Labute approximate surface area is 155 Å². The van der Waals surface area contributed by atoms with E-state index in [-0.39, 0.29) is 11.2 Å². The Morgan fingerprint density at radius 3 is 2.65 bits per heavy atom. The first-order valence-electron chi connectivity index (χ1n) is 8.33. The van der Waals surface area contributed by atoms with Crippen LogP contribution in [0, 0.1) is 5.92 Å². The van der Waals surface area contributed by atoms with Crippen molar-refractivity contribution in [2.24, 2.45) is 5.92 Å². The molecule has 2 rings (SSSR count). The number of nitrogens with one attached hydrogen (secondary N) is 3. The molecule has 140 valence electrons. The number of pyridine rings is 1. The molecule has 2 unspecified atom stereocenters. The van der Waals surface area contributed by atoms with E-state index in [1.54, 1.807) is 26.2 Å². The second-order valence-electron chi connectivity index (χ2n) is 6.27. The van der Waals surface area contributed by atoms with Crippen LogP contribution >= 0.6 is 11.8 Å². The number of piperidine rings is 1. The number of ketones is 1. The van der Waals surface area contributed by atoms with Crippen molar-refractivity contribution >= 4 is 34.6 Å². The Kier molecular flexibility index (Phi) is 7.14. The Bertz CT molecular complexity index is 681. The molecule has 3 amide bonds. The molecule has 0 radical (unpaired) electrons. The van der Waals surface area contributed by atoms with Crippen molar-refractivity contribution in [1.82, 2.24) is 20.9 Å². The van der Waals surface area contributed by atoms with Crippen LogP contribution in [0.1, 0.15) is 25.8 Å². The summed E-state index contributed by atoms with van der Waals surface area (Å²) in [5.74, 6) is -1.54. The van der Waals surface area contributed by atoms with Crippen molar-refractivity contribution in [3.63, 3.8) is 0 Å². The van der Waals surface area contributed by atoms with E-state index >= 15 is 0 Å². The maximum atomic E-state index is 12.5. The highest BCUT2D eigenvalue weighted by atomic mass is 32.2. The molecule has 1 aliphatic rings. The van der Waals surface area contributed by atoms with Gasteiger partial charge in [-0.2, -0.15) is 0 Å². The molecule has 1 aliphatic heterocycles. The minimum Gasteiger partial charge on any atom is -0.349 e. The summed E-state index contributed by atoms with van der Waals surface area (Å²) in [4.78, 5) is 51.8. The third-order valence-electron chi connectivity index (χ3n) is 3.92. The molecule has 1 aromatic heterocycles. The Hall–Kier alpha value is -2.42. The van der Waals surface area contributed by atoms with Crippen LogP contribution in [0.15, 0.2) is 24.5 Å². The van der Waals surface area contributed by atoms with E-state index in [0.717, 1.165) is 17.3 Å². The molecule has 26 heavy (non-hydrogen) atoms. The number of aromatic nitrogens is 1. The minimum absolute atomic E-state index is 0.173. The van der Waals surface area contributed by atoms with Crippen LogP contribution in [0.25, 0.3) is 0 Å². The van der Waals surface area contributed by atoms with Gasteiger partial charge in [0.2, 0.25) is 11.7 Å². The molecule has 9 heteroatoms. The van der Waals surface area contributed by atoms with E-state index in [2.05, 4.69) is 20.9 Å². The second kappa shape index (κ2) is 9.33. The molecule has 2 atom stereocenters. The second-order valence-corrected chi connectivity index (χ2v) is 7.22. The van der Waals surface area contributed by atoms with Gasteiger partial charge in [0.15, 0.2) is 0 Å². The lowest BCUT2D eigenvalue weighted by molar-refractivity contribution is -0.142. The summed E-state index contributed by atoms with van der Waals surface area (Å²) in [5, 5.41) is 7.37. The van der Waals surface area contributed by atoms with Crippen molar-refractivity contribution < 1.29 is 19.2 Å². The molecule has 0 spiro atoms. The molecule has 1 aromatic rings. The first-order valence-corrected chi connectivity index (χ1v) is 9.31. The Balaban J connectivity index is 1.90. The van der Waals surface area contributed by atoms with Crippen molar-refractivity contribution in [3.05, 3.63) is 30.1 Å². The van der Waals surface area contributed by atoms with Crippen LogP contribution in [-0.4, -0.2) is 46.4 Å². The highest BCUT2D eigenvalue weighted by Gasteiger charge is 2.33. The predicted octanol–water partition coefficient (Wildman–Crippen LogP) is 0.623. The normalized spacial score (nSPS) is 18.2. The number of carbonyl (C=O) groups is 4. The fourth-order valence-corrected chi connectivity index (χ4v) is 3.14. The van der Waals surface area contributed by atoms with Gasteiger partial charge in [-0.3, -0.25) is 24.2 Å². The summed E-state index contributed by atoms with van der Waals surface area (Å²) >= 11 is 1.05. The molecule has 2 heterocycles. The molecular formula is C17H22N4O4S. The first-order chi connectivity index (χ1) is 12.4. The summed E-state index contributed by atoms with van der Waals surface area (Å²) in [6, 6.07) is 1.99. The number of amides is 3. The molecule has 0 aromatic carbocycles. The highest BCUT2D eigenvalue weighted by molar-refractivity contribution is 8.12. The van der Waals surface area contributed by atoms with Crippen molar-refractivity contribution in [3.8, 4) is 0 Å². The van der Waals surface area contributed by atoms with Gasteiger partial charge in [-0.15, -0.1) is 0 Å². The maximum Gasteiger partial charge on any atom is 0.289 e. The topological polar surface area (TPSA) is 117 Å². The van der Waals surface area contributed by atoms with Crippen LogP contribution in [-0.2, 0) is 20.1 Å². The van der Waals surface area contributed by atoms with Gasteiger partial charge in [-0.1, -0.05) is 25.6 Å². The lowest BCUT2D eigenvalue weighted by Crippen LogP contribution is -2.57. The number of carbonyl (C=O) groups excluding carboxylic acids is 4. The van der Waals surface area contributed by atoms with E-state index in [4.69, 9.17) is 0 Å². The fourth-order valence-electron chi connectivity index (χ4n) is 2.44. The number of rotatable bonds is 6. The lowest BCUT2D eigenvalue weighted by Gasteiger charge is -2.26. The van der Waals surface area contributed by atoms with Crippen LogP contribution in [0.3, 0.4) is 0 Å². The van der Waals surface area contributed by atoms with Crippen LogP contribution in [0.5, 0.6) is 0 Å². The zero-order valence-corrected chi connectivity index (χ0v) is 15.5. The smallest absolute Gasteiger partial charge is 0.289 e. The Morgan fingerprint density at radius 1 is 1.31 bits per heavy atom. The van der Waals surface area contributed by atoms with E-state index in [1.165, 1.54) is 0 Å². The number of nitrogens with zero attached hydrogens (tertiary/aromatic N) is 1. The molecular weight excluding hydrogens is 356 g/mol. The average molecular weight is 378 g/mol. The van der Waals surface area contributed by atoms with Crippen molar-refractivity contribution in [2.45, 2.75) is 38.1 Å². The van der Waals surface area contributed by atoms with Crippen LogP contribution < -0.4 is 16.0 Å². The summed E-state index contributed by atoms with van der Waals surface area (Å²) in [6.07, 6.45) is 3.64. The summed E-state index contributed by atoms with van der Waals surface area (Å²) in [6.45, 7) is 3.93. The maximum absolute atomic E-state index is 12.5. The van der Waals surface area contributed by atoms with Gasteiger partial charge in [0.05, 0.1) is 6.04 Å². The third kappa shape index (κ3) is 5.55. The molecule has 0 aliphatic carbocycles. The molecule has 0 saturated carbocycles. The van der Waals surface area contributed by atoms with Crippen LogP contribution in [0.2, 0.25) is 0 Å². The highest BCUT2D eigenvalue weighted by Crippen LogP contribution is 2.14. The largest absolute Gasteiger partial charge is 0.349 e. The predicted molar refractivity (Wildman–Crippen MR) is 97.3 cm³/mol. The van der Waals surface area contributed by atoms with E-state index in [0.29, 0.717) is 18.7 Å². The van der Waals surface area contributed by atoms with Crippen LogP contribution in [0.4, 0.5) is 4.79 Å². The molecule has 1 fully saturated rings. The van der Waals surface area contributed by atoms with Gasteiger partial charge < -0.3 is 16.0 Å². The van der Waals surface area contributed by atoms with Gasteiger partial charge in [0.1, 0.15) is 6.04 Å². The minimum atomic E-state index is -0.848. The number of thioether (sulfide) groups is 1. The molecule has 8 nitrogen and oxygen atoms in total. The average Bonchev–Trinajstić information content (AvgIpc) is 2.62. The molecule has 0 bridgehead atoms. The SMILES string of the molecule is CC(C)C(NC(=O)SCc1ccncc1)C(=O)NC1CCNC(=O)C1=O. The molecule has 3 N–H and O–H groups in total. The van der Waals surface area contributed by atoms with Crippen molar-refractivity contribution in [2.75, 3.05) is 6.54 Å². The third-order valence-corrected chi connectivity index (χ3v) is 4.77. The summed E-state index contributed by atoms with van der Waals surface area (Å²) < 4.78 is 0. The quantitative estimate of drug-likeness (QED) is 0.625. The van der Waals surface area contributed by atoms with Crippen molar-refractivity contribution in [1.29, 1.82) is 0 Å². The summed E-state index contributed by atoms with van der Waals surface area (Å²) in [5.41, 5.74) is 0.949. The number of Topliss-reactive ketones (excluding diaryl/α,β-unsaturated/α-hetero) is 1. The van der Waals surface area contributed by atoms with Gasteiger partial charge in [-0.25, -0.2) is 0 Å². The van der Waals surface area contributed by atoms with Gasteiger partial charge in [0.25, 0.3) is 11.1 Å². The fraction of sp³-hybridized carbons (Fsp3) is 0.471.